The second kappa shape index (κ2) is 46.2. The minimum absolute atomic E-state index is 0.171. The van der Waals surface area contributed by atoms with Crippen LogP contribution >= 0.6 is 23.2 Å². The molecule has 5 aromatic carbocycles. The summed E-state index contributed by atoms with van der Waals surface area (Å²) in [7, 11) is 17.3. The first-order valence-electron chi connectivity index (χ1n) is 55.7. The number of benzene rings is 5. The Morgan fingerprint density at radius 2 is 0.733 bits per heavy atom. The summed E-state index contributed by atoms with van der Waals surface area (Å²) in [5.74, 6) is 6.45. The number of pyridine rings is 5. The summed E-state index contributed by atoms with van der Waals surface area (Å²) in [6, 6.07) is 60.3. The van der Waals surface area contributed by atoms with E-state index in [2.05, 4.69) is 282 Å². The highest BCUT2D eigenvalue weighted by Gasteiger charge is 2.50. The Morgan fingerprint density at radius 1 is 0.333 bits per heavy atom. The van der Waals surface area contributed by atoms with Gasteiger partial charge in [-0.05, 0) is 345 Å². The lowest BCUT2D eigenvalue weighted by Crippen LogP contribution is -2.53. The number of piperidine rings is 7. The number of likely N-dealkylation sites (N-methyl/N-ethyl adjacent to an activating group) is 2. The number of rotatable bonds is 16. The third kappa shape index (κ3) is 21.9. The summed E-state index contributed by atoms with van der Waals surface area (Å²) >= 11 is 13.0. The average molecular weight is 2060 g/mol. The van der Waals surface area contributed by atoms with Crippen LogP contribution in [0.1, 0.15) is 276 Å². The summed E-state index contributed by atoms with van der Waals surface area (Å²) in [5, 5.41) is 12.6. The summed E-state index contributed by atoms with van der Waals surface area (Å²) in [6.45, 7) is 20.6. The molecule has 26 rings (SSSR count). The van der Waals surface area contributed by atoms with Crippen molar-refractivity contribution in [3.8, 4) is 5.75 Å². The van der Waals surface area contributed by atoms with Crippen LogP contribution in [0.2, 0.25) is 10.0 Å². The predicted molar refractivity (Wildman–Crippen MR) is 604 cm³/mol. The topological polar surface area (TPSA) is 264 Å². The highest BCUT2D eigenvalue weighted by molar-refractivity contribution is 6.31. The van der Waals surface area contributed by atoms with Crippen molar-refractivity contribution in [3.05, 3.63) is 274 Å². The number of fused-ring (bicyclic) bond motifs is 5. The van der Waals surface area contributed by atoms with Gasteiger partial charge in [0.25, 0.3) is 0 Å². The van der Waals surface area contributed by atoms with Gasteiger partial charge in [-0.25, -0.2) is 24.9 Å². The van der Waals surface area contributed by atoms with Crippen LogP contribution in [0.4, 0.5) is 17.1 Å². The van der Waals surface area contributed by atoms with Crippen molar-refractivity contribution in [1.29, 1.82) is 0 Å². The number of nitrogens with one attached hydrogen (secondary N) is 6. The van der Waals surface area contributed by atoms with Crippen LogP contribution in [-0.2, 0) is 0 Å². The van der Waals surface area contributed by atoms with E-state index in [1.54, 1.807) is 7.11 Å². The largest absolute Gasteiger partial charge is 0.495 e. The maximum atomic E-state index is 6.53. The number of H-pyrrole nitrogens is 3. The molecule has 10 aromatic heterocycles. The molecule has 1 aliphatic carbocycles. The molecule has 0 bridgehead atoms. The van der Waals surface area contributed by atoms with Gasteiger partial charge < -0.3 is 63.5 Å². The fraction of sp³-hybridized carbons (Fsp3) is 0.496. The van der Waals surface area contributed by atoms with Crippen LogP contribution in [0.5, 0.6) is 5.75 Å². The second-order valence-electron chi connectivity index (χ2n) is 44.2. The molecule has 11 aliphatic rings. The lowest BCUT2D eigenvalue weighted by Gasteiger charge is -2.41. The lowest BCUT2D eigenvalue weighted by molar-refractivity contribution is 0.101. The quantitative estimate of drug-likeness (QED) is 0.0525. The number of imidazole rings is 5. The first-order valence-corrected chi connectivity index (χ1v) is 56.4. The molecule has 150 heavy (non-hydrogen) atoms. The van der Waals surface area contributed by atoms with Gasteiger partial charge in [-0.1, -0.05) is 77.8 Å². The molecule has 10 atom stereocenters. The van der Waals surface area contributed by atoms with E-state index in [0.717, 1.165) is 276 Å². The molecule has 1 saturated carbocycles. The Balaban J connectivity index is 0.000000106. The van der Waals surface area contributed by atoms with Crippen molar-refractivity contribution in [2.45, 2.75) is 227 Å². The van der Waals surface area contributed by atoms with Crippen molar-refractivity contribution in [3.63, 3.8) is 0 Å². The number of aromatic nitrogens is 15. The van der Waals surface area contributed by atoms with Gasteiger partial charge in [-0.3, -0.25) is 55.2 Å². The first-order chi connectivity index (χ1) is 73.3. The standard InChI is InChI=1S/C25H32N6O.C24H30ClN5.C24H32N6.C23H28ClN5.C23H30N6/c1-30-14-15-31(16-25(30)11-12-25)20-9-4-7-17-22(20)29-24(28-17)19-8-3-6-18(27-19)23-21(32-2)10-5-13-26-23;1-28-15-12-17(13-16-28)30-20-9-4-3-8-19(20)27-24(30)22-11-5-10-21(29(22)2)23-18(25)7-6-14-26-23;1-17-7-6-12-25-22(17)19-9-5-11-21(29(19)3)24-26-18-8-4-10-20(23(18)27-24)30-15-13-28(2)14-16-30;1-28-14-11-16(12-15-28)29-21-10-3-2-7-18(21)27-23(29)20-9-4-8-19(26-20)22-17(24)6-5-13-25-22;1-16-6-5-11-25-21(16)18-8-4-10-20(28(18)2)23-26-17-7-3-9-19(22(17)27-23)29-14-12-24-13-15-29/h4-5,7,9-10,13,18-19,27H,3,6,8,11-12,14-16H2,1-2H3,(H,28,29);3-4,6-9,14,17,21-22H,5,10-13,15-16H2,1-2H3;4,6-8,10,12,19,21H,5,9,11,13-16H2,1-3H3,(H,26,27);2-3,5-7,10,13,16,19-20,26H,4,8-9,11-12,14-15H2,1H3;3,5-7,9,11,18,20,24H,4,8,10,12-15H2,1-2H3,(H,26,27)/t18-,19+;21-,22+;19-,21+;19-,20+;18-,20+/m00000/s1. The third-order valence-electron chi connectivity index (χ3n) is 34.8. The molecule has 6 N–H and O–H groups in total. The van der Waals surface area contributed by atoms with E-state index < -0.39 is 0 Å². The summed E-state index contributed by atoms with van der Waals surface area (Å²) < 4.78 is 10.7. The number of aryl methyl sites for hydroxylation is 2. The summed E-state index contributed by atoms with van der Waals surface area (Å²) in [6.07, 6.45) is 33.5. The van der Waals surface area contributed by atoms with E-state index >= 15 is 0 Å². The molecule has 1 spiro atoms. The minimum atomic E-state index is 0.171. The molecule has 0 unspecified atom stereocenters. The van der Waals surface area contributed by atoms with Gasteiger partial charge in [0.2, 0.25) is 0 Å². The number of aromatic amines is 3. The van der Waals surface area contributed by atoms with Crippen LogP contribution in [0.15, 0.2) is 195 Å². The van der Waals surface area contributed by atoms with Crippen LogP contribution < -0.4 is 35.4 Å². The number of nitrogens with zero attached hydrogens (tertiary/aromatic N) is 22. The molecule has 20 heterocycles. The van der Waals surface area contributed by atoms with Crippen LogP contribution in [0.3, 0.4) is 0 Å². The van der Waals surface area contributed by atoms with Crippen molar-refractivity contribution in [2.75, 3.05) is 169 Å². The minimum Gasteiger partial charge on any atom is -0.495 e. The fourth-order valence-electron chi connectivity index (χ4n) is 26.0. The number of methoxy groups -OCH3 is 1. The summed E-state index contributed by atoms with van der Waals surface area (Å²) in [4.78, 5) is 84.6. The van der Waals surface area contributed by atoms with Gasteiger partial charge in [-0.15, -0.1) is 0 Å². The van der Waals surface area contributed by atoms with Gasteiger partial charge in [0.15, 0.2) is 0 Å². The van der Waals surface area contributed by atoms with E-state index in [9.17, 15) is 0 Å². The number of hydrogen-bond acceptors (Lipinski definition) is 24. The molecule has 11 fully saturated rings. The maximum absolute atomic E-state index is 6.53. The van der Waals surface area contributed by atoms with Crippen molar-refractivity contribution in [1.82, 2.24) is 124 Å². The number of piperazine rings is 3. The molecule has 788 valence electrons. The molecular weight excluding hydrogens is 1910 g/mol. The molecule has 0 amide bonds. The van der Waals surface area contributed by atoms with Gasteiger partial charge in [0, 0.05) is 121 Å². The van der Waals surface area contributed by atoms with Crippen LogP contribution in [0, 0.1) is 13.8 Å². The Labute approximate surface area is 893 Å². The smallest absolute Gasteiger partial charge is 0.141 e. The van der Waals surface area contributed by atoms with Gasteiger partial charge in [-0.2, -0.15) is 0 Å². The van der Waals surface area contributed by atoms with E-state index in [1.165, 1.54) is 114 Å². The number of anilines is 3. The Morgan fingerprint density at radius 3 is 1.26 bits per heavy atom. The first kappa shape index (κ1) is 103. The van der Waals surface area contributed by atoms with E-state index in [1.807, 2.05) is 79.5 Å². The zero-order valence-electron chi connectivity index (χ0n) is 89.4. The fourth-order valence-corrected chi connectivity index (χ4v) is 26.5. The second-order valence-corrected chi connectivity index (χ2v) is 45.1. The number of likely N-dealkylation sites (tertiary alicyclic amines) is 5. The van der Waals surface area contributed by atoms with Crippen LogP contribution in [-0.4, -0.2) is 268 Å². The Hall–Kier alpha value is -11.4. The molecule has 10 saturated heterocycles. The van der Waals surface area contributed by atoms with E-state index in [0.29, 0.717) is 35.7 Å². The highest BCUT2D eigenvalue weighted by atomic mass is 35.5. The van der Waals surface area contributed by atoms with Crippen LogP contribution in [0.25, 0.3) is 55.2 Å². The molecule has 15 aromatic rings. The number of hydrogen-bond donors (Lipinski definition) is 6. The average Bonchev–Trinajstić information content (AvgIpc) is 1.61. The van der Waals surface area contributed by atoms with Gasteiger partial charge >= 0.3 is 0 Å². The molecular formula is C119H152Cl2N28O. The Bertz CT molecular complexity index is 7080. The molecule has 31 heteroatoms. The molecule has 0 radical (unpaired) electrons. The number of ether oxygens (including phenoxy) is 1. The van der Waals surface area contributed by atoms with E-state index in [4.69, 9.17) is 62.8 Å². The van der Waals surface area contributed by atoms with Crippen molar-refractivity contribution >= 4 is 95.4 Å². The number of halogens is 2. The lowest BCUT2D eigenvalue weighted by atomic mass is 9.92. The van der Waals surface area contributed by atoms with Crippen molar-refractivity contribution < 1.29 is 4.74 Å². The molecule has 10 aliphatic heterocycles. The zero-order chi connectivity index (χ0) is 103. The summed E-state index contributed by atoms with van der Waals surface area (Å²) in [5.41, 5.74) is 23.5. The van der Waals surface area contributed by atoms with Crippen molar-refractivity contribution in [2.24, 2.45) is 0 Å². The third-order valence-corrected chi connectivity index (χ3v) is 35.5. The monoisotopic (exact) mass is 2060 g/mol. The number of para-hydroxylation sites is 7. The highest BCUT2D eigenvalue weighted by Crippen LogP contribution is 2.50. The zero-order valence-corrected chi connectivity index (χ0v) is 90.9. The normalized spacial score (nSPS) is 24.3. The molecule has 29 nitrogen and oxygen atoms in total. The predicted octanol–water partition coefficient (Wildman–Crippen LogP) is 21.5. The SMILES string of the molecule is CN1CCC(n2c([C@H]3CCC[C@@H](c4ncccc4Cl)N3)nc3ccccc32)CC1.CN1CCC(n2c([C@H]3CCC[C@@H](c4ncccc4Cl)N3C)nc3ccccc32)CC1.COc1cccnc1[C@@H]1CCC[C@H](c2nc3c(N4CCN(C)C5(CC5)C4)cccc3[nH]2)N1.Cc1cccnc1[C@@H]1CCC[C@H](c2nc3c(N4CCN(C)CC4)cccc3[nH]2)N1C.Cc1cccnc1[C@@H]1CCC[C@H](c2nc3c(N4CCNCC4)cccc3[nH]2)N1C. The van der Waals surface area contributed by atoms with Gasteiger partial charge in [0.05, 0.1) is 162 Å². The van der Waals surface area contributed by atoms with Gasteiger partial charge in [0.1, 0.15) is 51.4 Å². The maximum Gasteiger partial charge on any atom is 0.141 e. The van der Waals surface area contributed by atoms with E-state index in [-0.39, 0.29) is 42.3 Å². The Kier molecular flexibility index (Phi) is 31.8.